The first kappa shape index (κ1) is 20.3. The molecule has 2 aliphatic heterocycles. The van der Waals surface area contributed by atoms with Gasteiger partial charge in [0, 0.05) is 6.54 Å². The molecule has 2 aromatic carbocycles. The van der Waals surface area contributed by atoms with Gasteiger partial charge < -0.3 is 10.2 Å². The molecule has 2 unspecified atom stereocenters. The molecule has 2 heterocycles. The third-order valence-corrected chi connectivity index (χ3v) is 7.09. The van der Waals surface area contributed by atoms with Crippen LogP contribution in [0.1, 0.15) is 25.8 Å². The van der Waals surface area contributed by atoms with Gasteiger partial charge in [0.25, 0.3) is 10.0 Å². The highest BCUT2D eigenvalue weighted by Gasteiger charge is 2.52. The predicted molar refractivity (Wildman–Crippen MR) is 113 cm³/mol. The van der Waals surface area contributed by atoms with Crippen LogP contribution in [0.5, 0.6) is 0 Å². The second kappa shape index (κ2) is 7.68. The van der Waals surface area contributed by atoms with Crippen LogP contribution in [0.2, 0.25) is 0 Å². The number of amidine groups is 1. The standard InChI is InChI=1S/C22H23N3O4S/c1-3-14(2)19-20(26)18(22(27)25(19)13-15-9-5-4-6-10-15)21-23-16-11-7-8-12-17(16)30(28,29)24-21/h4-12,14,18-19H,3,13H2,1-2H3,(H,23,24)/t14?,18?,19-/m0/s1. The number of hydrogen-bond donors (Lipinski definition) is 1. The predicted octanol–water partition coefficient (Wildman–Crippen LogP) is 2.84. The minimum absolute atomic E-state index is 0.0336. The van der Waals surface area contributed by atoms with Crippen molar-refractivity contribution in [1.82, 2.24) is 4.90 Å². The number of anilines is 1. The van der Waals surface area contributed by atoms with E-state index in [1.54, 1.807) is 23.1 Å². The molecule has 1 amide bonds. The van der Waals surface area contributed by atoms with Crippen LogP contribution >= 0.6 is 0 Å². The van der Waals surface area contributed by atoms with Gasteiger partial charge in [-0.3, -0.25) is 9.59 Å². The number of benzene rings is 2. The summed E-state index contributed by atoms with van der Waals surface area (Å²) < 4.78 is 29.1. The number of hydrogen-bond acceptors (Lipinski definition) is 5. The summed E-state index contributed by atoms with van der Waals surface area (Å²) in [6.07, 6.45) is 0.711. The maximum Gasteiger partial charge on any atom is 0.286 e. The molecule has 7 nitrogen and oxygen atoms in total. The molecule has 8 heteroatoms. The fourth-order valence-electron chi connectivity index (χ4n) is 4.03. The van der Waals surface area contributed by atoms with E-state index in [1.807, 2.05) is 44.2 Å². The summed E-state index contributed by atoms with van der Waals surface area (Å²) in [5.74, 6) is -2.17. The number of para-hydroxylation sites is 1. The number of likely N-dealkylation sites (tertiary alicyclic amines) is 1. The summed E-state index contributed by atoms with van der Waals surface area (Å²) in [5, 5.41) is 2.92. The van der Waals surface area contributed by atoms with Gasteiger partial charge in [-0.1, -0.05) is 62.7 Å². The molecule has 30 heavy (non-hydrogen) atoms. The number of fused-ring (bicyclic) bond motifs is 1. The fraction of sp³-hybridized carbons (Fsp3) is 0.318. The molecule has 0 saturated carbocycles. The molecule has 0 aliphatic carbocycles. The van der Waals surface area contributed by atoms with Crippen LogP contribution in [-0.2, 0) is 26.2 Å². The highest BCUT2D eigenvalue weighted by Crippen LogP contribution is 2.34. The van der Waals surface area contributed by atoms with Crippen LogP contribution in [0, 0.1) is 11.8 Å². The van der Waals surface area contributed by atoms with Gasteiger partial charge >= 0.3 is 0 Å². The van der Waals surface area contributed by atoms with E-state index < -0.39 is 27.9 Å². The molecule has 0 radical (unpaired) electrons. The van der Waals surface area contributed by atoms with Crippen molar-refractivity contribution < 1.29 is 18.0 Å². The topological polar surface area (TPSA) is 95.9 Å². The maximum atomic E-state index is 13.4. The Balaban J connectivity index is 1.73. The Hall–Kier alpha value is -3.00. The molecule has 0 aromatic heterocycles. The minimum atomic E-state index is -3.99. The van der Waals surface area contributed by atoms with E-state index in [4.69, 9.17) is 0 Å². The highest BCUT2D eigenvalue weighted by molar-refractivity contribution is 7.90. The number of rotatable bonds is 5. The number of carbonyl (C=O) groups is 2. The van der Waals surface area contributed by atoms with Crippen LogP contribution in [0.4, 0.5) is 5.69 Å². The zero-order valence-electron chi connectivity index (χ0n) is 16.8. The van der Waals surface area contributed by atoms with Crippen molar-refractivity contribution in [2.45, 2.75) is 37.8 Å². The van der Waals surface area contributed by atoms with Gasteiger partial charge in [-0.15, -0.1) is 4.40 Å². The van der Waals surface area contributed by atoms with Crippen molar-refractivity contribution >= 4 is 33.2 Å². The van der Waals surface area contributed by atoms with Crippen LogP contribution in [-0.4, -0.2) is 36.9 Å². The Bertz CT molecular complexity index is 1130. The SMILES string of the molecule is CCC(C)[C@H]1C(=O)C(C2=NS(=O)(=O)c3ccccc3N2)C(=O)N1Cc1ccccc1. The maximum absolute atomic E-state index is 13.4. The summed E-state index contributed by atoms with van der Waals surface area (Å²) >= 11 is 0. The van der Waals surface area contributed by atoms with Gasteiger partial charge in [-0.05, 0) is 23.6 Å². The van der Waals surface area contributed by atoms with Crippen molar-refractivity contribution in [3.8, 4) is 0 Å². The third kappa shape index (κ3) is 3.41. The van der Waals surface area contributed by atoms with E-state index in [2.05, 4.69) is 9.71 Å². The average Bonchev–Trinajstić information content (AvgIpc) is 2.97. The van der Waals surface area contributed by atoms with Gasteiger partial charge in [0.2, 0.25) is 5.91 Å². The number of carbonyl (C=O) groups excluding carboxylic acids is 2. The Labute approximate surface area is 175 Å². The quantitative estimate of drug-likeness (QED) is 0.743. The summed E-state index contributed by atoms with van der Waals surface area (Å²) in [6.45, 7) is 4.18. The second-order valence-electron chi connectivity index (χ2n) is 7.69. The van der Waals surface area contributed by atoms with E-state index in [0.29, 0.717) is 12.1 Å². The van der Waals surface area contributed by atoms with Gasteiger partial charge in [-0.25, -0.2) is 0 Å². The lowest BCUT2D eigenvalue weighted by Gasteiger charge is -2.27. The van der Waals surface area contributed by atoms with Crippen LogP contribution in [0.25, 0.3) is 0 Å². The molecule has 4 rings (SSSR count). The highest BCUT2D eigenvalue weighted by atomic mass is 32.2. The molecule has 0 spiro atoms. The van der Waals surface area contributed by atoms with Gasteiger partial charge in [0.1, 0.15) is 10.7 Å². The lowest BCUT2D eigenvalue weighted by molar-refractivity contribution is -0.131. The lowest BCUT2D eigenvalue weighted by Crippen LogP contribution is -2.39. The van der Waals surface area contributed by atoms with Gasteiger partial charge in [-0.2, -0.15) is 8.42 Å². The monoisotopic (exact) mass is 425 g/mol. The largest absolute Gasteiger partial charge is 0.341 e. The molecule has 1 N–H and O–H groups in total. The fourth-order valence-corrected chi connectivity index (χ4v) is 5.18. The Morgan fingerprint density at radius 3 is 2.43 bits per heavy atom. The number of ketones is 1. The van der Waals surface area contributed by atoms with E-state index in [0.717, 1.165) is 5.56 Å². The molecule has 1 saturated heterocycles. The van der Waals surface area contributed by atoms with Crippen molar-refractivity contribution in [1.29, 1.82) is 0 Å². The van der Waals surface area contributed by atoms with E-state index in [-0.39, 0.29) is 29.0 Å². The average molecular weight is 426 g/mol. The number of nitrogens with zero attached hydrogens (tertiary/aromatic N) is 2. The second-order valence-corrected chi connectivity index (χ2v) is 9.26. The smallest absolute Gasteiger partial charge is 0.286 e. The normalized spacial score (nSPS) is 23.5. The molecule has 156 valence electrons. The summed E-state index contributed by atoms with van der Waals surface area (Å²) in [4.78, 5) is 28.3. The Morgan fingerprint density at radius 1 is 1.07 bits per heavy atom. The number of amides is 1. The summed E-state index contributed by atoms with van der Waals surface area (Å²) in [6, 6.07) is 15.1. The first-order chi connectivity index (χ1) is 14.3. The van der Waals surface area contributed by atoms with E-state index in [9.17, 15) is 18.0 Å². The first-order valence-corrected chi connectivity index (χ1v) is 11.4. The molecule has 2 aromatic rings. The van der Waals surface area contributed by atoms with E-state index in [1.165, 1.54) is 6.07 Å². The first-order valence-electron chi connectivity index (χ1n) is 9.92. The van der Waals surface area contributed by atoms with Crippen molar-refractivity contribution in [2.24, 2.45) is 16.2 Å². The van der Waals surface area contributed by atoms with Crippen LogP contribution in [0.15, 0.2) is 63.9 Å². The van der Waals surface area contributed by atoms with Crippen molar-refractivity contribution in [2.75, 3.05) is 5.32 Å². The number of sulfonamides is 1. The zero-order chi connectivity index (χ0) is 21.5. The minimum Gasteiger partial charge on any atom is -0.341 e. The van der Waals surface area contributed by atoms with Crippen molar-refractivity contribution in [3.05, 3.63) is 60.2 Å². The Kier molecular flexibility index (Phi) is 5.19. The third-order valence-electron chi connectivity index (χ3n) is 5.74. The number of nitrogens with one attached hydrogen (secondary N) is 1. The lowest BCUT2D eigenvalue weighted by atomic mass is 9.92. The molecule has 2 aliphatic rings. The van der Waals surface area contributed by atoms with Gasteiger partial charge in [0.15, 0.2) is 11.7 Å². The van der Waals surface area contributed by atoms with Gasteiger partial charge in [0.05, 0.1) is 11.7 Å². The molecule has 1 fully saturated rings. The molecule has 3 atom stereocenters. The van der Waals surface area contributed by atoms with Crippen LogP contribution in [0.3, 0.4) is 0 Å². The summed E-state index contributed by atoms with van der Waals surface area (Å²) in [7, 11) is -3.99. The summed E-state index contributed by atoms with van der Waals surface area (Å²) in [5.41, 5.74) is 1.23. The van der Waals surface area contributed by atoms with E-state index >= 15 is 0 Å². The van der Waals surface area contributed by atoms with Crippen molar-refractivity contribution in [3.63, 3.8) is 0 Å². The molecular weight excluding hydrogens is 402 g/mol. The number of Topliss-reactive ketones (excluding diaryl/α,β-unsaturated/α-hetero) is 1. The van der Waals surface area contributed by atoms with Crippen LogP contribution < -0.4 is 5.32 Å². The molecular formula is C22H23N3O4S. The Morgan fingerprint density at radius 2 is 1.73 bits per heavy atom. The zero-order valence-corrected chi connectivity index (χ0v) is 17.6. The molecule has 0 bridgehead atoms.